The number of rotatable bonds is 1. The molecule has 2 aromatic heterocycles. The van der Waals surface area contributed by atoms with E-state index in [-0.39, 0.29) is 0 Å². The van der Waals surface area contributed by atoms with Crippen molar-refractivity contribution in [1.82, 2.24) is 9.55 Å². The SMILES string of the molecule is C=Cn1c2ccccc2c2ccncc21. The highest BCUT2D eigenvalue weighted by molar-refractivity contribution is 6.08. The number of hydrogen-bond acceptors (Lipinski definition) is 1. The second-order valence-electron chi connectivity index (χ2n) is 3.46. The highest BCUT2D eigenvalue weighted by atomic mass is 15.0. The molecule has 3 aromatic rings. The van der Waals surface area contributed by atoms with Gasteiger partial charge in [0, 0.05) is 23.2 Å². The van der Waals surface area contributed by atoms with Gasteiger partial charge in [-0.25, -0.2) is 0 Å². The molecular weight excluding hydrogens is 184 g/mol. The second kappa shape index (κ2) is 2.95. The van der Waals surface area contributed by atoms with Crippen LogP contribution in [-0.4, -0.2) is 9.55 Å². The van der Waals surface area contributed by atoms with Crippen molar-refractivity contribution in [2.75, 3.05) is 0 Å². The molecule has 0 N–H and O–H groups in total. The molecule has 72 valence electrons. The summed E-state index contributed by atoms with van der Waals surface area (Å²) in [5, 5.41) is 2.47. The molecule has 0 aliphatic heterocycles. The lowest BCUT2D eigenvalue weighted by molar-refractivity contribution is 1.26. The molecule has 0 aliphatic carbocycles. The van der Waals surface area contributed by atoms with Crippen LogP contribution in [0.15, 0.2) is 49.3 Å². The third-order valence-electron chi connectivity index (χ3n) is 2.70. The third-order valence-corrected chi connectivity index (χ3v) is 2.70. The van der Waals surface area contributed by atoms with E-state index in [1.165, 1.54) is 16.3 Å². The predicted molar refractivity (Wildman–Crippen MR) is 63.6 cm³/mol. The van der Waals surface area contributed by atoms with Crippen LogP contribution in [0.2, 0.25) is 0 Å². The third kappa shape index (κ3) is 1.02. The van der Waals surface area contributed by atoms with Crippen molar-refractivity contribution in [2.24, 2.45) is 0 Å². The first kappa shape index (κ1) is 8.24. The fraction of sp³-hybridized carbons (Fsp3) is 0. The van der Waals surface area contributed by atoms with Gasteiger partial charge in [0.05, 0.1) is 17.2 Å². The first-order chi connectivity index (χ1) is 7.42. The van der Waals surface area contributed by atoms with Crippen LogP contribution < -0.4 is 0 Å². The van der Waals surface area contributed by atoms with Crippen LogP contribution in [0.5, 0.6) is 0 Å². The minimum atomic E-state index is 1.11. The van der Waals surface area contributed by atoms with Crippen LogP contribution >= 0.6 is 0 Å². The number of benzene rings is 1. The summed E-state index contributed by atoms with van der Waals surface area (Å²) < 4.78 is 2.07. The van der Waals surface area contributed by atoms with E-state index < -0.39 is 0 Å². The molecule has 0 aliphatic rings. The summed E-state index contributed by atoms with van der Waals surface area (Å²) in [4.78, 5) is 4.15. The van der Waals surface area contributed by atoms with Gasteiger partial charge in [-0.1, -0.05) is 24.8 Å². The Kier molecular flexibility index (Phi) is 1.62. The first-order valence-corrected chi connectivity index (χ1v) is 4.87. The van der Waals surface area contributed by atoms with Crippen molar-refractivity contribution >= 4 is 28.0 Å². The molecule has 0 unspecified atom stereocenters. The largest absolute Gasteiger partial charge is 0.315 e. The first-order valence-electron chi connectivity index (χ1n) is 4.87. The molecule has 2 heteroatoms. The highest BCUT2D eigenvalue weighted by Crippen LogP contribution is 2.27. The van der Waals surface area contributed by atoms with E-state index in [4.69, 9.17) is 0 Å². The zero-order valence-corrected chi connectivity index (χ0v) is 8.22. The van der Waals surface area contributed by atoms with E-state index in [2.05, 4.69) is 34.3 Å². The molecule has 0 bridgehead atoms. The zero-order chi connectivity index (χ0) is 10.3. The van der Waals surface area contributed by atoms with Gasteiger partial charge in [-0.05, 0) is 12.1 Å². The minimum absolute atomic E-state index is 1.11. The molecule has 3 rings (SSSR count). The van der Waals surface area contributed by atoms with Crippen molar-refractivity contribution in [3.05, 3.63) is 49.3 Å². The van der Waals surface area contributed by atoms with Crippen molar-refractivity contribution in [1.29, 1.82) is 0 Å². The lowest BCUT2D eigenvalue weighted by Gasteiger charge is -1.96. The Bertz CT molecular complexity index is 596. The Balaban J connectivity index is 2.68. The molecule has 0 fully saturated rings. The van der Waals surface area contributed by atoms with Crippen molar-refractivity contribution in [3.63, 3.8) is 0 Å². The molecule has 2 nitrogen and oxygen atoms in total. The van der Waals surface area contributed by atoms with E-state index in [1.807, 2.05) is 30.7 Å². The van der Waals surface area contributed by atoms with Crippen molar-refractivity contribution < 1.29 is 0 Å². The quantitative estimate of drug-likeness (QED) is 0.581. The summed E-state index contributed by atoms with van der Waals surface area (Å²) in [5.41, 5.74) is 2.28. The van der Waals surface area contributed by atoms with E-state index in [0.29, 0.717) is 0 Å². The lowest BCUT2D eigenvalue weighted by Crippen LogP contribution is -1.83. The van der Waals surface area contributed by atoms with Gasteiger partial charge in [-0.2, -0.15) is 0 Å². The topological polar surface area (TPSA) is 17.8 Å². The fourth-order valence-corrected chi connectivity index (χ4v) is 2.04. The Labute approximate surface area is 87.5 Å². The van der Waals surface area contributed by atoms with Crippen molar-refractivity contribution in [2.45, 2.75) is 0 Å². The normalized spacial score (nSPS) is 10.9. The maximum atomic E-state index is 4.15. The number of pyridine rings is 1. The summed E-state index contributed by atoms with van der Waals surface area (Å²) in [6.07, 6.45) is 5.52. The molecule has 0 saturated heterocycles. The molecular formula is C13H10N2. The van der Waals surface area contributed by atoms with Gasteiger partial charge in [0.1, 0.15) is 0 Å². The van der Waals surface area contributed by atoms with Crippen molar-refractivity contribution in [3.8, 4) is 0 Å². The molecule has 0 spiro atoms. The Morgan fingerprint density at radius 1 is 1.07 bits per heavy atom. The number of fused-ring (bicyclic) bond motifs is 3. The number of nitrogens with zero attached hydrogens (tertiary/aromatic N) is 2. The van der Waals surface area contributed by atoms with Gasteiger partial charge >= 0.3 is 0 Å². The van der Waals surface area contributed by atoms with Crippen LogP contribution in [-0.2, 0) is 0 Å². The molecule has 15 heavy (non-hydrogen) atoms. The molecule has 0 amide bonds. The van der Waals surface area contributed by atoms with Crippen LogP contribution in [0.4, 0.5) is 0 Å². The molecule has 1 aromatic carbocycles. The van der Waals surface area contributed by atoms with Gasteiger partial charge in [0.25, 0.3) is 0 Å². The average Bonchev–Trinajstić information content (AvgIpc) is 2.63. The average molecular weight is 194 g/mol. The smallest absolute Gasteiger partial charge is 0.0718 e. The number of aromatic nitrogens is 2. The summed E-state index contributed by atoms with van der Waals surface area (Å²) in [6.45, 7) is 3.84. The molecule has 0 atom stereocenters. The van der Waals surface area contributed by atoms with Crippen LogP contribution in [0.1, 0.15) is 0 Å². The van der Waals surface area contributed by atoms with Crippen LogP contribution in [0.25, 0.3) is 28.0 Å². The maximum Gasteiger partial charge on any atom is 0.0718 e. The highest BCUT2D eigenvalue weighted by Gasteiger charge is 2.06. The van der Waals surface area contributed by atoms with Gasteiger partial charge < -0.3 is 4.57 Å². The van der Waals surface area contributed by atoms with Gasteiger partial charge in [-0.15, -0.1) is 0 Å². The van der Waals surface area contributed by atoms with Crippen LogP contribution in [0.3, 0.4) is 0 Å². The Morgan fingerprint density at radius 3 is 2.73 bits per heavy atom. The Morgan fingerprint density at radius 2 is 1.87 bits per heavy atom. The molecule has 0 saturated carbocycles. The number of hydrogen-bond donors (Lipinski definition) is 0. The van der Waals surface area contributed by atoms with E-state index in [0.717, 1.165) is 5.52 Å². The lowest BCUT2D eigenvalue weighted by atomic mass is 10.2. The molecule has 2 heterocycles. The minimum Gasteiger partial charge on any atom is -0.315 e. The zero-order valence-electron chi connectivity index (χ0n) is 8.22. The Hall–Kier alpha value is -2.09. The summed E-state index contributed by atoms with van der Waals surface area (Å²) in [6, 6.07) is 10.3. The second-order valence-corrected chi connectivity index (χ2v) is 3.46. The number of para-hydroxylation sites is 1. The maximum absolute atomic E-state index is 4.15. The van der Waals surface area contributed by atoms with Gasteiger partial charge in [0.15, 0.2) is 0 Å². The molecule has 0 radical (unpaired) electrons. The summed E-state index contributed by atoms with van der Waals surface area (Å²) >= 11 is 0. The van der Waals surface area contributed by atoms with E-state index in [9.17, 15) is 0 Å². The van der Waals surface area contributed by atoms with E-state index >= 15 is 0 Å². The fourth-order valence-electron chi connectivity index (χ4n) is 2.04. The standard InChI is InChI=1S/C13H10N2/c1-2-15-12-6-4-3-5-10(12)11-7-8-14-9-13(11)15/h2-9H,1H2. The summed E-state index contributed by atoms with van der Waals surface area (Å²) in [7, 11) is 0. The van der Waals surface area contributed by atoms with Gasteiger partial charge in [-0.3, -0.25) is 4.98 Å². The van der Waals surface area contributed by atoms with Gasteiger partial charge in [0.2, 0.25) is 0 Å². The summed E-state index contributed by atoms with van der Waals surface area (Å²) in [5.74, 6) is 0. The van der Waals surface area contributed by atoms with Crippen LogP contribution in [0, 0.1) is 0 Å². The van der Waals surface area contributed by atoms with E-state index in [1.54, 1.807) is 0 Å². The predicted octanol–water partition coefficient (Wildman–Crippen LogP) is 3.29. The monoisotopic (exact) mass is 194 g/mol.